The minimum atomic E-state index is -0.485. The molecule has 1 fully saturated rings. The molecular formula is C14H26N2O4. The predicted molar refractivity (Wildman–Crippen MR) is 75.6 cm³/mol. The second-order valence-corrected chi connectivity index (χ2v) is 6.37. The molecule has 0 spiro atoms. The maximum absolute atomic E-state index is 11.9. The van der Waals surface area contributed by atoms with Crippen LogP contribution in [0, 0.1) is 0 Å². The number of nitrogens with one attached hydrogen (secondary N) is 1. The molecule has 0 bridgehead atoms. The van der Waals surface area contributed by atoms with Gasteiger partial charge in [0, 0.05) is 32.0 Å². The quantitative estimate of drug-likeness (QED) is 0.847. The zero-order valence-corrected chi connectivity index (χ0v) is 13.1. The molecule has 20 heavy (non-hydrogen) atoms. The normalized spacial score (nSPS) is 17.0. The molecule has 1 N–H and O–H groups in total. The zero-order chi connectivity index (χ0) is 15.3. The van der Waals surface area contributed by atoms with Crippen molar-refractivity contribution in [2.45, 2.75) is 65.2 Å². The van der Waals surface area contributed by atoms with Gasteiger partial charge >= 0.3 is 12.2 Å². The predicted octanol–water partition coefficient (Wildman–Crippen LogP) is 2.52. The Labute approximate surface area is 120 Å². The molecule has 0 unspecified atom stereocenters. The van der Waals surface area contributed by atoms with Crippen molar-refractivity contribution in [1.82, 2.24) is 10.2 Å². The number of ether oxygens (including phenoxy) is 2. The maximum Gasteiger partial charge on any atom is 0.410 e. The third-order valence-corrected chi connectivity index (χ3v) is 2.77. The van der Waals surface area contributed by atoms with Gasteiger partial charge in [0.05, 0.1) is 0 Å². The van der Waals surface area contributed by atoms with Crippen LogP contribution in [0.5, 0.6) is 0 Å². The molecule has 0 radical (unpaired) electrons. The number of hydrogen-bond acceptors (Lipinski definition) is 4. The Morgan fingerprint density at radius 2 is 1.75 bits per heavy atom. The lowest BCUT2D eigenvalue weighted by molar-refractivity contribution is 0.00632. The van der Waals surface area contributed by atoms with Crippen LogP contribution in [-0.2, 0) is 9.47 Å². The molecule has 0 aliphatic carbocycles. The van der Waals surface area contributed by atoms with Gasteiger partial charge in [0.15, 0.2) is 0 Å². The number of rotatable bonds is 2. The molecule has 1 saturated heterocycles. The Hall–Kier alpha value is -1.46. The van der Waals surface area contributed by atoms with Gasteiger partial charge in [-0.3, -0.25) is 0 Å². The standard InChI is InChI=1S/C14H26N2O4/c1-10(2)15-12(17)19-11-6-8-16(9-7-11)13(18)20-14(3,4)5/h10-11H,6-9H2,1-5H3,(H,15,17). The van der Waals surface area contributed by atoms with E-state index in [1.54, 1.807) is 4.90 Å². The van der Waals surface area contributed by atoms with Crippen LogP contribution in [0.15, 0.2) is 0 Å². The summed E-state index contributed by atoms with van der Waals surface area (Å²) in [5, 5.41) is 2.69. The lowest BCUT2D eigenvalue weighted by Crippen LogP contribution is -2.44. The third kappa shape index (κ3) is 6.12. The van der Waals surface area contributed by atoms with Crippen LogP contribution in [0.1, 0.15) is 47.5 Å². The van der Waals surface area contributed by atoms with Crippen LogP contribution in [-0.4, -0.2) is 47.9 Å². The topological polar surface area (TPSA) is 67.9 Å². The van der Waals surface area contributed by atoms with Crippen molar-refractivity contribution < 1.29 is 19.1 Å². The van der Waals surface area contributed by atoms with Crippen LogP contribution >= 0.6 is 0 Å². The van der Waals surface area contributed by atoms with Gasteiger partial charge in [-0.15, -0.1) is 0 Å². The molecule has 1 rings (SSSR count). The lowest BCUT2D eigenvalue weighted by Gasteiger charge is -2.33. The number of nitrogens with zero attached hydrogens (tertiary/aromatic N) is 1. The first kappa shape index (κ1) is 16.6. The number of amides is 2. The van der Waals surface area contributed by atoms with Crippen molar-refractivity contribution in [2.24, 2.45) is 0 Å². The molecule has 0 aromatic rings. The number of hydrogen-bond donors (Lipinski definition) is 1. The molecule has 0 saturated carbocycles. The lowest BCUT2D eigenvalue weighted by atomic mass is 10.1. The molecule has 6 nitrogen and oxygen atoms in total. The summed E-state index contributed by atoms with van der Waals surface area (Å²) in [7, 11) is 0. The van der Waals surface area contributed by atoms with E-state index < -0.39 is 11.7 Å². The van der Waals surface area contributed by atoms with Crippen LogP contribution < -0.4 is 5.32 Å². The molecule has 1 heterocycles. The fourth-order valence-corrected chi connectivity index (χ4v) is 1.90. The molecule has 0 atom stereocenters. The van der Waals surface area contributed by atoms with E-state index in [9.17, 15) is 9.59 Å². The van der Waals surface area contributed by atoms with E-state index in [2.05, 4.69) is 5.32 Å². The SMILES string of the molecule is CC(C)NC(=O)OC1CCN(C(=O)OC(C)(C)C)CC1. The van der Waals surface area contributed by atoms with Gasteiger partial charge < -0.3 is 19.7 Å². The first-order chi connectivity index (χ1) is 9.17. The van der Waals surface area contributed by atoms with Crippen molar-refractivity contribution in [1.29, 1.82) is 0 Å². The average molecular weight is 286 g/mol. The van der Waals surface area contributed by atoms with Gasteiger partial charge in [-0.2, -0.15) is 0 Å². The van der Waals surface area contributed by atoms with E-state index in [1.807, 2.05) is 34.6 Å². The summed E-state index contributed by atoms with van der Waals surface area (Å²) in [6.07, 6.45) is 0.459. The highest BCUT2D eigenvalue weighted by Gasteiger charge is 2.28. The molecule has 2 amide bonds. The van der Waals surface area contributed by atoms with Gasteiger partial charge in [-0.1, -0.05) is 0 Å². The van der Waals surface area contributed by atoms with Gasteiger partial charge in [0.25, 0.3) is 0 Å². The first-order valence-corrected chi connectivity index (χ1v) is 7.12. The molecule has 1 aliphatic heterocycles. The van der Waals surface area contributed by atoms with Gasteiger partial charge in [-0.25, -0.2) is 9.59 Å². The fraction of sp³-hybridized carbons (Fsp3) is 0.857. The zero-order valence-electron chi connectivity index (χ0n) is 13.1. The molecular weight excluding hydrogens is 260 g/mol. The second kappa shape index (κ2) is 6.81. The summed E-state index contributed by atoms with van der Waals surface area (Å²) in [6, 6.07) is 0.0596. The molecule has 0 aromatic carbocycles. The fourth-order valence-electron chi connectivity index (χ4n) is 1.90. The van der Waals surface area contributed by atoms with Gasteiger partial charge in [0.1, 0.15) is 11.7 Å². The van der Waals surface area contributed by atoms with E-state index in [0.29, 0.717) is 25.9 Å². The number of piperidine rings is 1. The highest BCUT2D eigenvalue weighted by molar-refractivity contribution is 5.69. The first-order valence-electron chi connectivity index (χ1n) is 7.12. The van der Waals surface area contributed by atoms with Gasteiger partial charge in [-0.05, 0) is 34.6 Å². The Kier molecular flexibility index (Phi) is 5.65. The summed E-state index contributed by atoms with van der Waals surface area (Å²) in [5.41, 5.74) is -0.485. The molecule has 116 valence electrons. The highest BCUT2D eigenvalue weighted by Crippen LogP contribution is 2.17. The van der Waals surface area contributed by atoms with Crippen LogP contribution in [0.2, 0.25) is 0 Å². The number of likely N-dealkylation sites (tertiary alicyclic amines) is 1. The van der Waals surface area contributed by atoms with E-state index >= 15 is 0 Å². The van der Waals surface area contributed by atoms with E-state index in [4.69, 9.17) is 9.47 Å². The van der Waals surface area contributed by atoms with Crippen molar-refractivity contribution in [2.75, 3.05) is 13.1 Å². The van der Waals surface area contributed by atoms with Crippen molar-refractivity contribution >= 4 is 12.2 Å². The largest absolute Gasteiger partial charge is 0.446 e. The summed E-state index contributed by atoms with van der Waals surface area (Å²) < 4.78 is 10.6. The highest BCUT2D eigenvalue weighted by atomic mass is 16.6. The Morgan fingerprint density at radius 1 is 1.20 bits per heavy atom. The maximum atomic E-state index is 11.9. The second-order valence-electron chi connectivity index (χ2n) is 6.37. The van der Waals surface area contributed by atoms with E-state index in [0.717, 1.165) is 0 Å². The monoisotopic (exact) mass is 286 g/mol. The molecule has 0 aromatic heterocycles. The third-order valence-electron chi connectivity index (χ3n) is 2.77. The van der Waals surface area contributed by atoms with E-state index in [1.165, 1.54) is 0 Å². The van der Waals surface area contributed by atoms with Crippen molar-refractivity contribution in [3.63, 3.8) is 0 Å². The summed E-state index contributed by atoms with van der Waals surface area (Å²) in [5.74, 6) is 0. The molecule has 6 heteroatoms. The minimum Gasteiger partial charge on any atom is -0.446 e. The number of carbonyl (C=O) groups is 2. The summed E-state index contributed by atoms with van der Waals surface area (Å²) in [6.45, 7) is 10.4. The van der Waals surface area contributed by atoms with E-state index in [-0.39, 0.29) is 18.2 Å². The summed E-state index contributed by atoms with van der Waals surface area (Å²) in [4.78, 5) is 25.0. The van der Waals surface area contributed by atoms with Crippen LogP contribution in [0.4, 0.5) is 9.59 Å². The Bertz CT molecular complexity index is 342. The van der Waals surface area contributed by atoms with Crippen LogP contribution in [0.25, 0.3) is 0 Å². The summed E-state index contributed by atoms with van der Waals surface area (Å²) >= 11 is 0. The van der Waals surface area contributed by atoms with Gasteiger partial charge in [0.2, 0.25) is 0 Å². The minimum absolute atomic E-state index is 0.0596. The average Bonchev–Trinajstić information content (AvgIpc) is 2.26. The van der Waals surface area contributed by atoms with Crippen molar-refractivity contribution in [3.8, 4) is 0 Å². The van der Waals surface area contributed by atoms with Crippen molar-refractivity contribution in [3.05, 3.63) is 0 Å². The Balaban J connectivity index is 2.33. The molecule has 1 aliphatic rings. The smallest absolute Gasteiger partial charge is 0.410 e. The Morgan fingerprint density at radius 3 is 2.20 bits per heavy atom. The van der Waals surface area contributed by atoms with Crippen LogP contribution in [0.3, 0.4) is 0 Å². The number of alkyl carbamates (subject to hydrolysis) is 1. The number of carbonyl (C=O) groups excluding carboxylic acids is 2.